The molecule has 0 saturated heterocycles. The van der Waals surface area contributed by atoms with Gasteiger partial charge in [-0.25, -0.2) is 0 Å². The van der Waals surface area contributed by atoms with E-state index >= 15 is 0 Å². The van der Waals surface area contributed by atoms with Gasteiger partial charge >= 0.3 is 0 Å². The minimum Gasteiger partial charge on any atom is -0.371 e. The molecule has 1 rings (SSSR count). The molecule has 0 aliphatic carbocycles. The Bertz CT molecular complexity index is 348. The molecule has 102 valence electrons. The Labute approximate surface area is 112 Å². The van der Waals surface area contributed by atoms with Gasteiger partial charge in [0.2, 0.25) is 0 Å². The highest BCUT2D eigenvalue weighted by molar-refractivity contribution is 5.53. The molecule has 0 aliphatic heterocycles. The van der Waals surface area contributed by atoms with Crippen molar-refractivity contribution >= 4 is 5.69 Å². The molecule has 18 heavy (non-hydrogen) atoms. The molecule has 2 heteroatoms. The number of nitrogens with two attached hydrogens (primary N) is 1. The summed E-state index contributed by atoms with van der Waals surface area (Å²) < 4.78 is 0. The largest absolute Gasteiger partial charge is 0.371 e. The number of para-hydroxylation sites is 1. The Balaban J connectivity index is 2.94. The van der Waals surface area contributed by atoms with Crippen LogP contribution in [0.1, 0.15) is 39.2 Å². The SMILES string of the molecule is CCN(CC(CC)(CC)CN)c1ccccc1C. The highest BCUT2D eigenvalue weighted by Gasteiger charge is 2.27. The van der Waals surface area contributed by atoms with E-state index in [0.29, 0.717) is 0 Å². The van der Waals surface area contributed by atoms with Crippen LogP contribution in [-0.4, -0.2) is 19.6 Å². The quantitative estimate of drug-likeness (QED) is 0.799. The van der Waals surface area contributed by atoms with Crippen molar-refractivity contribution in [3.05, 3.63) is 29.8 Å². The normalized spacial score (nSPS) is 11.6. The lowest BCUT2D eigenvalue weighted by atomic mass is 9.81. The van der Waals surface area contributed by atoms with E-state index in [0.717, 1.165) is 32.5 Å². The van der Waals surface area contributed by atoms with Crippen LogP contribution in [0.2, 0.25) is 0 Å². The fourth-order valence-electron chi connectivity index (χ4n) is 2.52. The minimum absolute atomic E-state index is 0.248. The number of aryl methyl sites for hydroxylation is 1. The third-order valence-electron chi connectivity index (χ3n) is 4.30. The Morgan fingerprint density at radius 3 is 2.17 bits per heavy atom. The van der Waals surface area contributed by atoms with E-state index in [2.05, 4.69) is 56.9 Å². The summed E-state index contributed by atoms with van der Waals surface area (Å²) in [6.07, 6.45) is 2.28. The van der Waals surface area contributed by atoms with Crippen molar-refractivity contribution in [3.8, 4) is 0 Å². The first-order chi connectivity index (χ1) is 8.62. The zero-order valence-electron chi connectivity index (χ0n) is 12.4. The molecule has 1 aromatic rings. The molecule has 1 aromatic carbocycles. The van der Waals surface area contributed by atoms with Crippen molar-refractivity contribution in [1.82, 2.24) is 0 Å². The summed E-state index contributed by atoms with van der Waals surface area (Å²) in [5.41, 5.74) is 8.96. The Hall–Kier alpha value is -1.02. The van der Waals surface area contributed by atoms with Gasteiger partial charge in [-0.1, -0.05) is 32.0 Å². The van der Waals surface area contributed by atoms with Crippen molar-refractivity contribution in [2.75, 3.05) is 24.5 Å². The van der Waals surface area contributed by atoms with Gasteiger partial charge in [-0.2, -0.15) is 0 Å². The van der Waals surface area contributed by atoms with E-state index in [4.69, 9.17) is 5.73 Å². The topological polar surface area (TPSA) is 29.3 Å². The van der Waals surface area contributed by atoms with Crippen molar-refractivity contribution in [2.45, 2.75) is 40.5 Å². The van der Waals surface area contributed by atoms with Crippen LogP contribution in [0, 0.1) is 12.3 Å². The lowest BCUT2D eigenvalue weighted by Gasteiger charge is -2.37. The summed E-state index contributed by atoms with van der Waals surface area (Å²) in [6.45, 7) is 11.8. The fourth-order valence-corrected chi connectivity index (χ4v) is 2.52. The lowest BCUT2D eigenvalue weighted by Crippen LogP contribution is -2.42. The van der Waals surface area contributed by atoms with Crippen LogP contribution in [0.25, 0.3) is 0 Å². The van der Waals surface area contributed by atoms with E-state index in [9.17, 15) is 0 Å². The molecule has 0 fully saturated rings. The van der Waals surface area contributed by atoms with Gasteiger partial charge in [-0.3, -0.25) is 0 Å². The Kier molecular flexibility index (Phi) is 5.67. The fraction of sp³-hybridized carbons (Fsp3) is 0.625. The summed E-state index contributed by atoms with van der Waals surface area (Å²) >= 11 is 0. The third-order valence-corrected chi connectivity index (χ3v) is 4.30. The smallest absolute Gasteiger partial charge is 0.0396 e. The highest BCUT2D eigenvalue weighted by Crippen LogP contribution is 2.29. The average Bonchev–Trinajstić information content (AvgIpc) is 2.42. The van der Waals surface area contributed by atoms with Crippen molar-refractivity contribution in [1.29, 1.82) is 0 Å². The summed E-state index contributed by atoms with van der Waals surface area (Å²) in [5, 5.41) is 0. The summed E-state index contributed by atoms with van der Waals surface area (Å²) in [5.74, 6) is 0. The van der Waals surface area contributed by atoms with Crippen LogP contribution >= 0.6 is 0 Å². The van der Waals surface area contributed by atoms with Gasteiger partial charge in [0.05, 0.1) is 0 Å². The maximum atomic E-state index is 6.02. The molecule has 0 aliphatic rings. The lowest BCUT2D eigenvalue weighted by molar-refractivity contribution is 0.277. The van der Waals surface area contributed by atoms with Crippen LogP contribution in [0.5, 0.6) is 0 Å². The molecule has 0 heterocycles. The maximum Gasteiger partial charge on any atom is 0.0396 e. The number of rotatable bonds is 7. The van der Waals surface area contributed by atoms with E-state index < -0.39 is 0 Å². The second-order valence-corrected chi connectivity index (χ2v) is 5.21. The van der Waals surface area contributed by atoms with Crippen LogP contribution in [0.4, 0.5) is 5.69 Å². The Morgan fingerprint density at radius 2 is 1.72 bits per heavy atom. The molecular weight excluding hydrogens is 220 g/mol. The molecule has 0 saturated carbocycles. The predicted octanol–water partition coefficient (Wildman–Crippen LogP) is 3.59. The first kappa shape index (κ1) is 15.0. The monoisotopic (exact) mass is 248 g/mol. The van der Waals surface area contributed by atoms with Gasteiger partial charge < -0.3 is 10.6 Å². The molecule has 0 atom stereocenters. The van der Waals surface area contributed by atoms with Crippen LogP contribution < -0.4 is 10.6 Å². The van der Waals surface area contributed by atoms with Gasteiger partial charge in [-0.15, -0.1) is 0 Å². The van der Waals surface area contributed by atoms with Crippen molar-refractivity contribution in [3.63, 3.8) is 0 Å². The minimum atomic E-state index is 0.248. The molecule has 2 N–H and O–H groups in total. The predicted molar refractivity (Wildman–Crippen MR) is 81.1 cm³/mol. The summed E-state index contributed by atoms with van der Waals surface area (Å²) in [4.78, 5) is 2.47. The first-order valence-corrected chi connectivity index (χ1v) is 7.13. The van der Waals surface area contributed by atoms with Crippen molar-refractivity contribution in [2.24, 2.45) is 11.1 Å². The number of hydrogen-bond acceptors (Lipinski definition) is 2. The van der Waals surface area contributed by atoms with Gasteiger partial charge in [0, 0.05) is 18.8 Å². The van der Waals surface area contributed by atoms with E-state index in [-0.39, 0.29) is 5.41 Å². The van der Waals surface area contributed by atoms with Crippen LogP contribution in [0.15, 0.2) is 24.3 Å². The molecule has 0 bridgehead atoms. The third kappa shape index (κ3) is 3.26. The number of nitrogens with zero attached hydrogens (tertiary/aromatic N) is 1. The van der Waals surface area contributed by atoms with Gasteiger partial charge in [0.1, 0.15) is 0 Å². The van der Waals surface area contributed by atoms with Gasteiger partial charge in [-0.05, 0) is 50.3 Å². The maximum absolute atomic E-state index is 6.02. The summed E-state index contributed by atoms with van der Waals surface area (Å²) in [7, 11) is 0. The number of anilines is 1. The first-order valence-electron chi connectivity index (χ1n) is 7.13. The summed E-state index contributed by atoms with van der Waals surface area (Å²) in [6, 6.07) is 8.61. The number of benzene rings is 1. The molecule has 0 amide bonds. The highest BCUT2D eigenvalue weighted by atomic mass is 15.1. The van der Waals surface area contributed by atoms with Crippen LogP contribution in [-0.2, 0) is 0 Å². The second kappa shape index (κ2) is 6.79. The standard InChI is InChI=1S/C16H28N2/c1-5-16(6-2,12-17)13-18(7-3)15-11-9-8-10-14(15)4/h8-11H,5-7,12-13,17H2,1-4H3. The zero-order chi connectivity index (χ0) is 13.6. The van der Waals surface area contributed by atoms with E-state index in [1.807, 2.05) is 0 Å². The van der Waals surface area contributed by atoms with Crippen LogP contribution in [0.3, 0.4) is 0 Å². The molecule has 0 unspecified atom stereocenters. The molecule has 0 aromatic heterocycles. The number of hydrogen-bond donors (Lipinski definition) is 1. The van der Waals surface area contributed by atoms with E-state index in [1.54, 1.807) is 0 Å². The second-order valence-electron chi connectivity index (χ2n) is 5.21. The van der Waals surface area contributed by atoms with Gasteiger partial charge in [0.25, 0.3) is 0 Å². The average molecular weight is 248 g/mol. The Morgan fingerprint density at radius 1 is 1.11 bits per heavy atom. The van der Waals surface area contributed by atoms with E-state index in [1.165, 1.54) is 11.3 Å². The zero-order valence-corrected chi connectivity index (χ0v) is 12.4. The van der Waals surface area contributed by atoms with Gasteiger partial charge in [0.15, 0.2) is 0 Å². The molecule has 0 radical (unpaired) electrons. The molecular formula is C16H28N2. The molecule has 2 nitrogen and oxygen atoms in total. The van der Waals surface area contributed by atoms with Crippen molar-refractivity contribution < 1.29 is 0 Å². The molecule has 0 spiro atoms.